The van der Waals surface area contributed by atoms with Crippen LogP contribution in [0.2, 0.25) is 0 Å². The van der Waals surface area contributed by atoms with Crippen LogP contribution < -0.4 is 5.73 Å². The summed E-state index contributed by atoms with van der Waals surface area (Å²) in [5.41, 5.74) is 11.3. The molecule has 0 radical (unpaired) electrons. The van der Waals surface area contributed by atoms with Gasteiger partial charge in [0.1, 0.15) is 0 Å². The molecule has 0 aliphatic rings. The first kappa shape index (κ1) is 16.7. The van der Waals surface area contributed by atoms with Crippen molar-refractivity contribution in [2.24, 2.45) is 7.05 Å². The zero-order chi connectivity index (χ0) is 20.2. The van der Waals surface area contributed by atoms with Crippen LogP contribution in [0.4, 0.5) is 5.82 Å². The van der Waals surface area contributed by atoms with Gasteiger partial charge >= 0.3 is 0 Å². The molecule has 0 atom stereocenters. The Bertz CT molecular complexity index is 1580. The summed E-state index contributed by atoms with van der Waals surface area (Å²) in [4.78, 5) is 4.69. The van der Waals surface area contributed by atoms with Gasteiger partial charge in [-0.25, -0.2) is 4.98 Å². The number of nitrogens with zero attached hydrogens (tertiary/aromatic N) is 6. The average molecular weight is 391 g/mol. The van der Waals surface area contributed by atoms with Crippen molar-refractivity contribution in [1.29, 1.82) is 0 Å². The van der Waals surface area contributed by atoms with Crippen molar-refractivity contribution < 1.29 is 0 Å². The number of para-hydroxylation sites is 2. The van der Waals surface area contributed by atoms with E-state index in [0.29, 0.717) is 23.0 Å². The van der Waals surface area contributed by atoms with Gasteiger partial charge in [0.05, 0.1) is 16.7 Å². The van der Waals surface area contributed by atoms with Crippen molar-refractivity contribution in [3.8, 4) is 22.8 Å². The molecule has 2 N–H and O–H groups in total. The van der Waals surface area contributed by atoms with Crippen molar-refractivity contribution in [2.75, 3.05) is 5.73 Å². The minimum absolute atomic E-state index is 0.408. The SMILES string of the molecule is Cn1c(-c2nnc3cc(-c4ccc5ccccc5c4)nn3c2N)nc2ccccc21. The van der Waals surface area contributed by atoms with E-state index in [1.54, 1.807) is 4.52 Å². The third-order valence-electron chi connectivity index (χ3n) is 5.46. The summed E-state index contributed by atoms with van der Waals surface area (Å²) >= 11 is 0. The monoisotopic (exact) mass is 391 g/mol. The summed E-state index contributed by atoms with van der Waals surface area (Å²) < 4.78 is 3.60. The van der Waals surface area contributed by atoms with Crippen LogP contribution in [0.3, 0.4) is 0 Å². The molecule has 6 aromatic rings. The van der Waals surface area contributed by atoms with Crippen LogP contribution in [-0.2, 0) is 7.05 Å². The molecule has 6 rings (SSSR count). The molecule has 0 amide bonds. The third-order valence-corrected chi connectivity index (χ3v) is 5.46. The summed E-state index contributed by atoms with van der Waals surface area (Å²) in [5, 5.41) is 15.8. The molecule has 30 heavy (non-hydrogen) atoms. The van der Waals surface area contributed by atoms with Crippen molar-refractivity contribution in [3.63, 3.8) is 0 Å². The largest absolute Gasteiger partial charge is 0.382 e. The minimum atomic E-state index is 0.408. The molecule has 0 bridgehead atoms. The van der Waals surface area contributed by atoms with Gasteiger partial charge in [0.25, 0.3) is 0 Å². The van der Waals surface area contributed by atoms with Gasteiger partial charge in [-0.2, -0.15) is 9.61 Å². The minimum Gasteiger partial charge on any atom is -0.382 e. The average Bonchev–Trinajstić information content (AvgIpc) is 3.36. The van der Waals surface area contributed by atoms with E-state index in [-0.39, 0.29) is 0 Å². The third kappa shape index (κ3) is 2.39. The first-order valence-electron chi connectivity index (χ1n) is 9.62. The summed E-state index contributed by atoms with van der Waals surface area (Å²) in [6, 6.07) is 24.3. The number of aromatic nitrogens is 6. The normalized spacial score (nSPS) is 11.6. The topological polar surface area (TPSA) is 86.9 Å². The Balaban J connectivity index is 1.52. The molecule has 0 aliphatic carbocycles. The molecule has 0 saturated heterocycles. The molecular formula is C23H17N7. The fraction of sp³-hybridized carbons (Fsp3) is 0.0435. The number of aryl methyl sites for hydroxylation is 1. The first-order chi connectivity index (χ1) is 14.7. The van der Waals surface area contributed by atoms with Gasteiger partial charge in [-0.15, -0.1) is 10.2 Å². The Labute approximate surface area is 171 Å². The van der Waals surface area contributed by atoms with E-state index in [4.69, 9.17) is 10.8 Å². The van der Waals surface area contributed by atoms with Gasteiger partial charge in [-0.3, -0.25) is 0 Å². The number of nitrogen functional groups attached to an aromatic ring is 1. The number of anilines is 1. The quantitative estimate of drug-likeness (QED) is 0.481. The number of hydrogen-bond donors (Lipinski definition) is 1. The van der Waals surface area contributed by atoms with Crippen LogP contribution in [0.25, 0.3) is 50.2 Å². The summed E-state index contributed by atoms with van der Waals surface area (Å²) in [7, 11) is 1.94. The Morgan fingerprint density at radius 3 is 2.50 bits per heavy atom. The van der Waals surface area contributed by atoms with Gasteiger partial charge in [0, 0.05) is 18.7 Å². The highest BCUT2D eigenvalue weighted by Gasteiger charge is 2.18. The lowest BCUT2D eigenvalue weighted by Crippen LogP contribution is -2.07. The molecule has 0 unspecified atom stereocenters. The number of nitrogens with two attached hydrogens (primary N) is 1. The molecule has 7 heteroatoms. The van der Waals surface area contributed by atoms with Crippen LogP contribution in [-0.4, -0.2) is 29.4 Å². The van der Waals surface area contributed by atoms with Gasteiger partial charge in [0.2, 0.25) is 0 Å². The maximum atomic E-state index is 6.47. The molecule has 0 aliphatic heterocycles. The molecule has 3 aromatic carbocycles. The molecule has 0 fully saturated rings. The van der Waals surface area contributed by atoms with Crippen LogP contribution in [0.5, 0.6) is 0 Å². The lowest BCUT2D eigenvalue weighted by Gasteiger charge is -2.05. The number of benzene rings is 3. The van der Waals surface area contributed by atoms with E-state index in [1.165, 1.54) is 5.39 Å². The fourth-order valence-electron chi connectivity index (χ4n) is 3.88. The second kappa shape index (κ2) is 6.12. The lowest BCUT2D eigenvalue weighted by atomic mass is 10.1. The summed E-state index contributed by atoms with van der Waals surface area (Å²) in [5.74, 6) is 1.07. The predicted octanol–water partition coefficient (Wildman–Crippen LogP) is 4.08. The van der Waals surface area contributed by atoms with Crippen LogP contribution in [0, 0.1) is 0 Å². The van der Waals surface area contributed by atoms with Crippen molar-refractivity contribution in [1.82, 2.24) is 29.4 Å². The molecular weight excluding hydrogens is 374 g/mol. The number of rotatable bonds is 2. The van der Waals surface area contributed by atoms with Gasteiger partial charge in [-0.05, 0) is 29.0 Å². The Hall–Kier alpha value is -4.26. The fourth-order valence-corrected chi connectivity index (χ4v) is 3.88. The highest BCUT2D eigenvalue weighted by Crippen LogP contribution is 2.28. The maximum Gasteiger partial charge on any atom is 0.180 e. The maximum absolute atomic E-state index is 6.47. The summed E-state index contributed by atoms with van der Waals surface area (Å²) in [6.45, 7) is 0. The highest BCUT2D eigenvalue weighted by atomic mass is 15.3. The van der Waals surface area contributed by atoms with Crippen molar-refractivity contribution in [2.45, 2.75) is 0 Å². The number of fused-ring (bicyclic) bond motifs is 3. The molecule has 144 valence electrons. The van der Waals surface area contributed by atoms with E-state index >= 15 is 0 Å². The van der Waals surface area contributed by atoms with Crippen molar-refractivity contribution >= 4 is 33.3 Å². The lowest BCUT2D eigenvalue weighted by molar-refractivity contribution is 0.883. The van der Waals surface area contributed by atoms with Crippen LogP contribution in [0.15, 0.2) is 72.8 Å². The summed E-state index contributed by atoms with van der Waals surface area (Å²) in [6.07, 6.45) is 0. The smallest absolute Gasteiger partial charge is 0.180 e. The van der Waals surface area contributed by atoms with Gasteiger partial charge in [-0.1, -0.05) is 48.5 Å². The molecule has 0 spiro atoms. The van der Waals surface area contributed by atoms with E-state index in [2.05, 4.69) is 45.5 Å². The zero-order valence-electron chi connectivity index (χ0n) is 16.2. The first-order valence-corrected chi connectivity index (χ1v) is 9.62. The number of imidazole rings is 1. The van der Waals surface area contributed by atoms with Crippen LogP contribution in [0.1, 0.15) is 0 Å². The second-order valence-electron chi connectivity index (χ2n) is 7.28. The predicted molar refractivity (Wildman–Crippen MR) is 118 cm³/mol. The standard InChI is InChI=1S/C23H17N7/c1-29-19-9-5-4-8-17(19)25-23(29)21-22(24)30-20(26-27-21)13-18(28-30)16-11-10-14-6-2-3-7-15(14)12-16/h2-13H,24H2,1H3. The molecule has 3 aromatic heterocycles. The van der Waals surface area contributed by atoms with E-state index in [9.17, 15) is 0 Å². The Morgan fingerprint density at radius 1 is 0.833 bits per heavy atom. The van der Waals surface area contributed by atoms with Crippen LogP contribution >= 0.6 is 0 Å². The number of hydrogen-bond acceptors (Lipinski definition) is 5. The highest BCUT2D eigenvalue weighted by molar-refractivity contribution is 5.87. The zero-order valence-corrected chi connectivity index (χ0v) is 16.2. The van der Waals surface area contributed by atoms with Crippen molar-refractivity contribution in [3.05, 3.63) is 72.8 Å². The molecule has 7 nitrogen and oxygen atoms in total. The van der Waals surface area contributed by atoms with E-state index in [0.717, 1.165) is 27.7 Å². The van der Waals surface area contributed by atoms with E-state index in [1.807, 2.05) is 54.1 Å². The molecule has 3 heterocycles. The van der Waals surface area contributed by atoms with E-state index < -0.39 is 0 Å². The van der Waals surface area contributed by atoms with Gasteiger partial charge < -0.3 is 10.3 Å². The second-order valence-corrected chi connectivity index (χ2v) is 7.28. The Kier molecular flexibility index (Phi) is 3.40. The molecule has 0 saturated carbocycles. The Morgan fingerprint density at radius 2 is 1.63 bits per heavy atom. The van der Waals surface area contributed by atoms with Gasteiger partial charge in [0.15, 0.2) is 23.0 Å².